The lowest BCUT2D eigenvalue weighted by Gasteiger charge is -2.15. The largest absolute Gasteiger partial charge is 0.485 e. The van der Waals surface area contributed by atoms with Crippen LogP contribution in [0.1, 0.15) is 27.8 Å². The van der Waals surface area contributed by atoms with Gasteiger partial charge in [0.1, 0.15) is 13.2 Å². The SMILES string of the molecule is Cc1cccc(COc2cccc(C=N)c2OCc2cccc(C)c2)c1. The van der Waals surface area contributed by atoms with Gasteiger partial charge in [-0.25, -0.2) is 0 Å². The molecule has 3 aromatic rings. The molecule has 0 fully saturated rings. The zero-order valence-electron chi connectivity index (χ0n) is 15.2. The van der Waals surface area contributed by atoms with Gasteiger partial charge in [0.05, 0.1) is 0 Å². The summed E-state index contributed by atoms with van der Waals surface area (Å²) in [7, 11) is 0. The highest BCUT2D eigenvalue weighted by Crippen LogP contribution is 2.32. The quantitative estimate of drug-likeness (QED) is 0.578. The molecule has 0 aliphatic carbocycles. The number of nitrogens with one attached hydrogen (secondary N) is 1. The molecule has 0 heterocycles. The first-order valence-electron chi connectivity index (χ1n) is 8.66. The molecule has 0 saturated heterocycles. The highest BCUT2D eigenvalue weighted by atomic mass is 16.5. The van der Waals surface area contributed by atoms with Gasteiger partial charge in [0.2, 0.25) is 0 Å². The molecule has 26 heavy (non-hydrogen) atoms. The average molecular weight is 345 g/mol. The maximum absolute atomic E-state index is 7.66. The number of para-hydroxylation sites is 1. The van der Waals surface area contributed by atoms with Crippen LogP contribution in [0.15, 0.2) is 66.7 Å². The molecule has 0 bridgehead atoms. The summed E-state index contributed by atoms with van der Waals surface area (Å²) < 4.78 is 12.0. The van der Waals surface area contributed by atoms with Gasteiger partial charge in [-0.15, -0.1) is 0 Å². The maximum Gasteiger partial charge on any atom is 0.170 e. The molecule has 0 spiro atoms. The highest BCUT2D eigenvalue weighted by molar-refractivity contribution is 5.82. The van der Waals surface area contributed by atoms with Crippen molar-refractivity contribution in [1.82, 2.24) is 0 Å². The van der Waals surface area contributed by atoms with Crippen molar-refractivity contribution in [3.63, 3.8) is 0 Å². The highest BCUT2D eigenvalue weighted by Gasteiger charge is 2.11. The molecule has 3 heteroatoms. The summed E-state index contributed by atoms with van der Waals surface area (Å²) in [4.78, 5) is 0. The van der Waals surface area contributed by atoms with Crippen molar-refractivity contribution >= 4 is 6.21 Å². The van der Waals surface area contributed by atoms with Gasteiger partial charge in [-0.05, 0) is 37.1 Å². The second kappa shape index (κ2) is 8.34. The van der Waals surface area contributed by atoms with E-state index in [-0.39, 0.29) is 0 Å². The smallest absolute Gasteiger partial charge is 0.170 e. The second-order valence-corrected chi connectivity index (χ2v) is 6.37. The van der Waals surface area contributed by atoms with Crippen molar-refractivity contribution < 1.29 is 9.47 Å². The molecule has 132 valence electrons. The van der Waals surface area contributed by atoms with Gasteiger partial charge in [-0.2, -0.15) is 0 Å². The number of hydrogen-bond donors (Lipinski definition) is 1. The fourth-order valence-electron chi connectivity index (χ4n) is 2.84. The van der Waals surface area contributed by atoms with Crippen LogP contribution < -0.4 is 9.47 Å². The Labute approximate surface area is 154 Å². The molecule has 0 aromatic heterocycles. The lowest BCUT2D eigenvalue weighted by Crippen LogP contribution is -2.03. The summed E-state index contributed by atoms with van der Waals surface area (Å²) in [5.74, 6) is 1.26. The van der Waals surface area contributed by atoms with Gasteiger partial charge in [-0.3, -0.25) is 0 Å². The van der Waals surface area contributed by atoms with Gasteiger partial charge in [0.15, 0.2) is 11.5 Å². The third-order valence-corrected chi connectivity index (χ3v) is 4.11. The predicted octanol–water partition coefficient (Wildman–Crippen LogP) is 5.46. The molecule has 3 aromatic carbocycles. The van der Waals surface area contributed by atoms with E-state index in [2.05, 4.69) is 38.1 Å². The van der Waals surface area contributed by atoms with Crippen LogP contribution in [0.3, 0.4) is 0 Å². The van der Waals surface area contributed by atoms with Crippen molar-refractivity contribution in [3.05, 3.63) is 94.5 Å². The van der Waals surface area contributed by atoms with Crippen LogP contribution in [0, 0.1) is 19.3 Å². The van der Waals surface area contributed by atoms with E-state index in [0.29, 0.717) is 30.3 Å². The van der Waals surface area contributed by atoms with E-state index in [0.717, 1.165) is 11.1 Å². The number of rotatable bonds is 7. The Morgan fingerprint density at radius 2 is 1.35 bits per heavy atom. The number of ether oxygens (including phenoxy) is 2. The molecule has 0 radical (unpaired) electrons. The maximum atomic E-state index is 7.66. The summed E-state index contributed by atoms with van der Waals surface area (Å²) in [6.07, 6.45) is 1.30. The summed E-state index contributed by atoms with van der Waals surface area (Å²) >= 11 is 0. The van der Waals surface area contributed by atoms with Crippen LogP contribution in [0.25, 0.3) is 0 Å². The Kier molecular flexibility index (Phi) is 5.69. The molecular weight excluding hydrogens is 322 g/mol. The first-order valence-corrected chi connectivity index (χ1v) is 8.66. The third-order valence-electron chi connectivity index (χ3n) is 4.11. The van der Waals surface area contributed by atoms with Crippen LogP contribution in [0.2, 0.25) is 0 Å². The molecule has 0 unspecified atom stereocenters. The van der Waals surface area contributed by atoms with Crippen molar-refractivity contribution in [1.29, 1.82) is 5.41 Å². The Hall–Kier alpha value is -3.07. The molecule has 0 saturated carbocycles. The topological polar surface area (TPSA) is 42.3 Å². The average Bonchev–Trinajstić information content (AvgIpc) is 2.65. The van der Waals surface area contributed by atoms with Gasteiger partial charge < -0.3 is 14.9 Å². The van der Waals surface area contributed by atoms with Crippen LogP contribution in [0.5, 0.6) is 11.5 Å². The van der Waals surface area contributed by atoms with Crippen molar-refractivity contribution in [3.8, 4) is 11.5 Å². The minimum atomic E-state index is 0.438. The van der Waals surface area contributed by atoms with E-state index in [9.17, 15) is 0 Å². The lowest BCUT2D eigenvalue weighted by atomic mass is 10.1. The van der Waals surface area contributed by atoms with E-state index in [4.69, 9.17) is 14.9 Å². The molecule has 0 aliphatic rings. The van der Waals surface area contributed by atoms with Gasteiger partial charge >= 0.3 is 0 Å². The molecule has 0 atom stereocenters. The van der Waals surface area contributed by atoms with E-state index in [1.54, 1.807) is 0 Å². The van der Waals surface area contributed by atoms with Gasteiger partial charge in [0.25, 0.3) is 0 Å². The predicted molar refractivity (Wildman–Crippen MR) is 105 cm³/mol. The number of hydrogen-bond acceptors (Lipinski definition) is 3. The van der Waals surface area contributed by atoms with Crippen molar-refractivity contribution in [2.24, 2.45) is 0 Å². The summed E-state index contributed by atoms with van der Waals surface area (Å²) in [5.41, 5.74) is 5.31. The summed E-state index contributed by atoms with van der Waals surface area (Å²) in [5, 5.41) is 7.66. The normalized spacial score (nSPS) is 10.4. The van der Waals surface area contributed by atoms with Crippen molar-refractivity contribution in [2.45, 2.75) is 27.1 Å². The summed E-state index contributed by atoms with van der Waals surface area (Å²) in [6.45, 7) is 5.03. The second-order valence-electron chi connectivity index (χ2n) is 6.37. The number of aryl methyl sites for hydroxylation is 2. The molecule has 0 aliphatic heterocycles. The Bertz CT molecular complexity index is 902. The molecule has 3 rings (SSSR count). The van der Waals surface area contributed by atoms with E-state index in [1.165, 1.54) is 17.3 Å². The zero-order valence-corrected chi connectivity index (χ0v) is 15.2. The Balaban J connectivity index is 1.78. The molecule has 3 nitrogen and oxygen atoms in total. The lowest BCUT2D eigenvalue weighted by molar-refractivity contribution is 0.255. The van der Waals surface area contributed by atoms with Crippen LogP contribution in [-0.4, -0.2) is 6.21 Å². The van der Waals surface area contributed by atoms with E-state index in [1.807, 2.05) is 42.5 Å². The van der Waals surface area contributed by atoms with E-state index >= 15 is 0 Å². The first kappa shape index (κ1) is 17.7. The fraction of sp³-hybridized carbons (Fsp3) is 0.174. The summed E-state index contributed by atoms with van der Waals surface area (Å²) in [6, 6.07) is 22.1. The first-order chi connectivity index (χ1) is 12.7. The Morgan fingerprint density at radius 1 is 0.769 bits per heavy atom. The zero-order chi connectivity index (χ0) is 18.4. The molecule has 1 N–H and O–H groups in total. The van der Waals surface area contributed by atoms with Crippen LogP contribution in [-0.2, 0) is 13.2 Å². The van der Waals surface area contributed by atoms with Gasteiger partial charge in [0, 0.05) is 11.8 Å². The minimum absolute atomic E-state index is 0.438. The van der Waals surface area contributed by atoms with Crippen LogP contribution >= 0.6 is 0 Å². The monoisotopic (exact) mass is 345 g/mol. The van der Waals surface area contributed by atoms with Crippen LogP contribution in [0.4, 0.5) is 0 Å². The van der Waals surface area contributed by atoms with Gasteiger partial charge in [-0.1, -0.05) is 65.7 Å². The Morgan fingerprint density at radius 3 is 1.92 bits per heavy atom. The fourth-order valence-corrected chi connectivity index (χ4v) is 2.84. The third kappa shape index (κ3) is 4.51. The van der Waals surface area contributed by atoms with E-state index < -0.39 is 0 Å². The molecule has 0 amide bonds. The standard InChI is InChI=1S/C23H23NO2/c1-17-6-3-8-19(12-17)15-25-22-11-5-10-21(14-24)23(22)26-16-20-9-4-7-18(2)13-20/h3-14,24H,15-16H2,1-2H3. The van der Waals surface area contributed by atoms with Crippen molar-refractivity contribution in [2.75, 3.05) is 0 Å². The minimum Gasteiger partial charge on any atom is -0.485 e. The number of benzene rings is 3. The molecular formula is C23H23NO2.